The molecule has 0 bridgehead atoms. The van der Waals surface area contributed by atoms with Gasteiger partial charge in [0.1, 0.15) is 6.10 Å². The van der Waals surface area contributed by atoms with Crippen LogP contribution in [0, 0.1) is 0 Å². The first-order valence-electron chi connectivity index (χ1n) is 5.69. The fourth-order valence-electron chi connectivity index (χ4n) is 1.93. The summed E-state index contributed by atoms with van der Waals surface area (Å²) in [5, 5.41) is 1.08. The van der Waals surface area contributed by atoms with Gasteiger partial charge in [-0.05, 0) is 30.7 Å². The van der Waals surface area contributed by atoms with Crippen molar-refractivity contribution in [3.8, 4) is 0 Å². The van der Waals surface area contributed by atoms with E-state index in [0.29, 0.717) is 12.9 Å². The second-order valence-corrected chi connectivity index (χ2v) is 4.11. The molecule has 1 unspecified atom stereocenters. The summed E-state index contributed by atoms with van der Waals surface area (Å²) in [5.74, 6) is 0. The van der Waals surface area contributed by atoms with Crippen LogP contribution in [0.2, 0.25) is 0 Å². The van der Waals surface area contributed by atoms with E-state index in [1.165, 1.54) is 0 Å². The number of nitrogen functional groups attached to an aromatic ring is 1. The zero-order valence-corrected chi connectivity index (χ0v) is 9.77. The summed E-state index contributed by atoms with van der Waals surface area (Å²) in [6.07, 6.45) is 1.43. The van der Waals surface area contributed by atoms with Crippen molar-refractivity contribution in [2.45, 2.75) is 25.9 Å². The molecular formula is C13H16N2O2. The molecule has 2 rings (SSSR count). The summed E-state index contributed by atoms with van der Waals surface area (Å²) in [5.41, 5.74) is 8.58. The van der Waals surface area contributed by atoms with Crippen LogP contribution in [-0.4, -0.2) is 17.6 Å². The number of hydrogen-bond acceptors (Lipinski definition) is 3. The Labute approximate surface area is 99.8 Å². The highest BCUT2D eigenvalue weighted by Gasteiger charge is 2.10. The van der Waals surface area contributed by atoms with Gasteiger partial charge in [-0.1, -0.05) is 6.92 Å². The van der Waals surface area contributed by atoms with Crippen molar-refractivity contribution in [3.05, 3.63) is 30.0 Å². The molecule has 3 N–H and O–H groups in total. The van der Waals surface area contributed by atoms with Crippen LogP contribution in [0.25, 0.3) is 10.9 Å². The third kappa shape index (κ3) is 2.58. The van der Waals surface area contributed by atoms with Gasteiger partial charge in [0.2, 0.25) is 0 Å². The highest BCUT2D eigenvalue weighted by Crippen LogP contribution is 2.19. The van der Waals surface area contributed by atoms with E-state index in [1.807, 2.05) is 31.2 Å². The Morgan fingerprint density at radius 2 is 2.29 bits per heavy atom. The number of rotatable bonds is 5. The van der Waals surface area contributed by atoms with Gasteiger partial charge < -0.3 is 15.5 Å². The van der Waals surface area contributed by atoms with Crippen molar-refractivity contribution >= 4 is 23.1 Å². The minimum Gasteiger partial charge on any atom is -0.464 e. The number of carbonyl (C=O) groups excluding carboxylic acids is 1. The molecule has 0 spiro atoms. The number of anilines is 1. The first-order chi connectivity index (χ1) is 8.22. The molecule has 0 amide bonds. The van der Waals surface area contributed by atoms with Crippen molar-refractivity contribution in [2.75, 3.05) is 5.73 Å². The minimum absolute atomic E-state index is 0.0714. The number of nitrogens with one attached hydrogen (secondary N) is 1. The molecule has 4 heteroatoms. The molecule has 1 heterocycles. The molecule has 90 valence electrons. The van der Waals surface area contributed by atoms with Gasteiger partial charge in [0, 0.05) is 28.7 Å². The van der Waals surface area contributed by atoms with Crippen molar-refractivity contribution in [2.24, 2.45) is 0 Å². The molecule has 17 heavy (non-hydrogen) atoms. The Morgan fingerprint density at radius 1 is 1.47 bits per heavy atom. The Hall–Kier alpha value is -1.97. The van der Waals surface area contributed by atoms with E-state index in [4.69, 9.17) is 10.5 Å². The van der Waals surface area contributed by atoms with E-state index in [0.717, 1.165) is 28.7 Å². The van der Waals surface area contributed by atoms with Crippen molar-refractivity contribution in [1.82, 2.24) is 4.98 Å². The highest BCUT2D eigenvalue weighted by atomic mass is 16.5. The van der Waals surface area contributed by atoms with Crippen LogP contribution in [0.5, 0.6) is 0 Å². The fraction of sp³-hybridized carbons (Fsp3) is 0.308. The fourth-order valence-corrected chi connectivity index (χ4v) is 1.93. The molecule has 0 saturated heterocycles. The SMILES string of the molecule is CCC(Cc1cc2cc(N)ccc2[nH]1)OC=O. The van der Waals surface area contributed by atoms with Crippen LogP contribution in [0.3, 0.4) is 0 Å². The second-order valence-electron chi connectivity index (χ2n) is 4.11. The smallest absolute Gasteiger partial charge is 0.293 e. The molecule has 1 atom stereocenters. The Morgan fingerprint density at radius 3 is 3.00 bits per heavy atom. The summed E-state index contributed by atoms with van der Waals surface area (Å²) in [7, 11) is 0. The van der Waals surface area contributed by atoms with Gasteiger partial charge in [-0.15, -0.1) is 0 Å². The van der Waals surface area contributed by atoms with E-state index in [9.17, 15) is 4.79 Å². The monoisotopic (exact) mass is 232 g/mol. The van der Waals surface area contributed by atoms with Crippen LogP contribution >= 0.6 is 0 Å². The number of ether oxygens (including phenoxy) is 1. The van der Waals surface area contributed by atoms with E-state index in [-0.39, 0.29) is 6.10 Å². The Kier molecular flexibility index (Phi) is 3.32. The third-order valence-electron chi connectivity index (χ3n) is 2.85. The number of carbonyl (C=O) groups is 1. The van der Waals surface area contributed by atoms with Gasteiger partial charge in [0.25, 0.3) is 6.47 Å². The van der Waals surface area contributed by atoms with E-state index in [2.05, 4.69) is 4.98 Å². The van der Waals surface area contributed by atoms with Crippen LogP contribution < -0.4 is 5.73 Å². The van der Waals surface area contributed by atoms with Gasteiger partial charge >= 0.3 is 0 Å². The number of H-pyrrole nitrogens is 1. The van der Waals surface area contributed by atoms with Gasteiger partial charge in [0.15, 0.2) is 0 Å². The molecule has 0 fully saturated rings. The van der Waals surface area contributed by atoms with Crippen LogP contribution in [0.15, 0.2) is 24.3 Å². The predicted molar refractivity (Wildman–Crippen MR) is 67.6 cm³/mol. The number of benzene rings is 1. The maximum absolute atomic E-state index is 10.3. The van der Waals surface area contributed by atoms with Crippen molar-refractivity contribution in [3.63, 3.8) is 0 Å². The molecular weight excluding hydrogens is 216 g/mol. The molecule has 0 aliphatic rings. The zero-order valence-electron chi connectivity index (χ0n) is 9.77. The van der Waals surface area contributed by atoms with Gasteiger partial charge in [-0.25, -0.2) is 0 Å². The lowest BCUT2D eigenvalue weighted by Crippen LogP contribution is -2.14. The summed E-state index contributed by atoms with van der Waals surface area (Å²) < 4.78 is 4.99. The van der Waals surface area contributed by atoms with E-state index in [1.54, 1.807) is 0 Å². The first-order valence-corrected chi connectivity index (χ1v) is 5.69. The lowest BCUT2D eigenvalue weighted by atomic mass is 10.1. The maximum Gasteiger partial charge on any atom is 0.293 e. The first kappa shape index (κ1) is 11.5. The molecule has 0 aliphatic carbocycles. The highest BCUT2D eigenvalue weighted by molar-refractivity contribution is 5.83. The van der Waals surface area contributed by atoms with Gasteiger partial charge in [-0.3, -0.25) is 4.79 Å². The average Bonchev–Trinajstić information content (AvgIpc) is 2.69. The number of nitrogens with two attached hydrogens (primary N) is 1. The Balaban J connectivity index is 2.21. The Bertz CT molecular complexity index is 519. The predicted octanol–water partition coefficient (Wildman–Crippen LogP) is 2.24. The molecule has 0 aliphatic heterocycles. The average molecular weight is 232 g/mol. The number of aromatic nitrogens is 1. The summed E-state index contributed by atoms with van der Waals surface area (Å²) in [6.45, 7) is 2.50. The molecule has 4 nitrogen and oxygen atoms in total. The topological polar surface area (TPSA) is 68.1 Å². The van der Waals surface area contributed by atoms with Gasteiger partial charge in [0.05, 0.1) is 0 Å². The van der Waals surface area contributed by atoms with Gasteiger partial charge in [-0.2, -0.15) is 0 Å². The molecule has 2 aromatic rings. The largest absolute Gasteiger partial charge is 0.464 e. The van der Waals surface area contributed by atoms with Crippen molar-refractivity contribution in [1.29, 1.82) is 0 Å². The van der Waals surface area contributed by atoms with Crippen LogP contribution in [0.1, 0.15) is 19.0 Å². The lowest BCUT2D eigenvalue weighted by Gasteiger charge is -2.10. The third-order valence-corrected chi connectivity index (χ3v) is 2.85. The zero-order chi connectivity index (χ0) is 12.3. The van der Waals surface area contributed by atoms with E-state index >= 15 is 0 Å². The number of hydrogen-bond donors (Lipinski definition) is 2. The minimum atomic E-state index is -0.0714. The van der Waals surface area contributed by atoms with Crippen LogP contribution in [0.4, 0.5) is 5.69 Å². The maximum atomic E-state index is 10.3. The summed E-state index contributed by atoms with van der Waals surface area (Å²) in [4.78, 5) is 13.6. The molecule has 0 radical (unpaired) electrons. The normalized spacial score (nSPS) is 12.5. The molecule has 1 aromatic carbocycles. The van der Waals surface area contributed by atoms with E-state index < -0.39 is 0 Å². The lowest BCUT2D eigenvalue weighted by molar-refractivity contribution is -0.133. The quantitative estimate of drug-likeness (QED) is 0.613. The summed E-state index contributed by atoms with van der Waals surface area (Å²) >= 11 is 0. The van der Waals surface area contributed by atoms with Crippen LogP contribution in [-0.2, 0) is 16.0 Å². The van der Waals surface area contributed by atoms with Crippen molar-refractivity contribution < 1.29 is 9.53 Å². The number of fused-ring (bicyclic) bond motifs is 1. The number of aromatic amines is 1. The standard InChI is InChI=1S/C13H16N2O2/c1-2-12(17-8-16)7-11-6-9-5-10(14)3-4-13(9)15-11/h3-6,8,12,15H,2,7,14H2,1H3. The molecule has 1 aromatic heterocycles. The molecule has 0 saturated carbocycles. The summed E-state index contributed by atoms with van der Waals surface area (Å²) in [6, 6.07) is 7.79. The second kappa shape index (κ2) is 4.91.